The van der Waals surface area contributed by atoms with Crippen molar-refractivity contribution in [1.29, 1.82) is 0 Å². The van der Waals surface area contributed by atoms with Crippen molar-refractivity contribution in [3.05, 3.63) is 83.9 Å². The third-order valence-corrected chi connectivity index (χ3v) is 3.50. The number of phenolic OH excluding ortho intramolecular Hbond substituents is 2. The fourth-order valence-electron chi connectivity index (χ4n) is 2.35. The largest absolute Gasteiger partial charge is 0.507 e. The van der Waals surface area contributed by atoms with Crippen LogP contribution in [0.2, 0.25) is 0 Å². The van der Waals surface area contributed by atoms with Crippen LogP contribution in [0.5, 0.6) is 11.5 Å². The molecular formula is C19H14O3. The predicted molar refractivity (Wildman–Crippen MR) is 85.1 cm³/mol. The Kier molecular flexibility index (Phi) is 3.62. The summed E-state index contributed by atoms with van der Waals surface area (Å²) in [6, 6.07) is 21.2. The highest BCUT2D eigenvalue weighted by Crippen LogP contribution is 2.29. The second-order valence-electron chi connectivity index (χ2n) is 4.94. The van der Waals surface area contributed by atoms with E-state index in [1.807, 2.05) is 42.5 Å². The van der Waals surface area contributed by atoms with Crippen molar-refractivity contribution in [2.75, 3.05) is 0 Å². The second-order valence-corrected chi connectivity index (χ2v) is 4.94. The summed E-state index contributed by atoms with van der Waals surface area (Å²) in [5, 5.41) is 19.5. The quantitative estimate of drug-likeness (QED) is 0.717. The molecule has 0 unspecified atom stereocenters. The van der Waals surface area contributed by atoms with Crippen LogP contribution in [0.15, 0.2) is 72.8 Å². The summed E-state index contributed by atoms with van der Waals surface area (Å²) in [4.78, 5) is 12.4. The molecule has 0 saturated heterocycles. The van der Waals surface area contributed by atoms with Gasteiger partial charge in [0.25, 0.3) is 0 Å². The van der Waals surface area contributed by atoms with Gasteiger partial charge in [-0.3, -0.25) is 4.79 Å². The first-order valence-corrected chi connectivity index (χ1v) is 6.88. The Morgan fingerprint density at radius 3 is 1.77 bits per heavy atom. The molecule has 0 aliphatic heterocycles. The molecule has 0 spiro atoms. The number of hydrogen-bond acceptors (Lipinski definition) is 3. The predicted octanol–water partition coefficient (Wildman–Crippen LogP) is 4.00. The molecule has 3 aromatic rings. The molecule has 3 nitrogen and oxygen atoms in total. The SMILES string of the molecule is O=C(c1ccc(-c2ccccc2)cc1)c1c(O)cccc1O. The van der Waals surface area contributed by atoms with Crippen LogP contribution < -0.4 is 0 Å². The summed E-state index contributed by atoms with van der Waals surface area (Å²) >= 11 is 0. The number of hydrogen-bond donors (Lipinski definition) is 2. The molecule has 0 fully saturated rings. The number of rotatable bonds is 3. The minimum Gasteiger partial charge on any atom is -0.507 e. The van der Waals surface area contributed by atoms with Gasteiger partial charge in [-0.05, 0) is 23.3 Å². The molecule has 0 heterocycles. The van der Waals surface area contributed by atoms with Crippen LogP contribution in [0.3, 0.4) is 0 Å². The van der Waals surface area contributed by atoms with E-state index < -0.39 is 5.78 Å². The zero-order valence-corrected chi connectivity index (χ0v) is 11.7. The summed E-state index contributed by atoms with van der Waals surface area (Å²) in [5.74, 6) is -0.857. The first kappa shape index (κ1) is 13.9. The minimum absolute atomic E-state index is 0.0741. The zero-order valence-electron chi connectivity index (χ0n) is 11.7. The third-order valence-electron chi connectivity index (χ3n) is 3.50. The third kappa shape index (κ3) is 2.56. The van der Waals surface area contributed by atoms with Gasteiger partial charge in [-0.1, -0.05) is 60.7 Å². The Morgan fingerprint density at radius 2 is 1.18 bits per heavy atom. The van der Waals surface area contributed by atoms with Crippen molar-refractivity contribution >= 4 is 5.78 Å². The van der Waals surface area contributed by atoms with E-state index in [-0.39, 0.29) is 17.1 Å². The maximum Gasteiger partial charge on any atom is 0.200 e. The maximum atomic E-state index is 12.4. The van der Waals surface area contributed by atoms with E-state index in [0.717, 1.165) is 11.1 Å². The molecule has 0 bridgehead atoms. The standard InChI is InChI=1S/C19H14O3/c20-16-7-4-8-17(21)18(16)19(22)15-11-9-14(10-12-15)13-5-2-1-3-6-13/h1-12,20-21H. The number of carbonyl (C=O) groups is 1. The van der Waals surface area contributed by atoms with Crippen LogP contribution >= 0.6 is 0 Å². The molecule has 0 amide bonds. The van der Waals surface area contributed by atoms with Gasteiger partial charge in [-0.15, -0.1) is 0 Å². The summed E-state index contributed by atoms with van der Waals surface area (Å²) in [5.41, 5.74) is 2.40. The molecule has 0 aliphatic rings. The Hall–Kier alpha value is -3.07. The molecule has 3 aromatic carbocycles. The van der Waals surface area contributed by atoms with Crippen LogP contribution in [0.4, 0.5) is 0 Å². The van der Waals surface area contributed by atoms with Crippen molar-refractivity contribution in [2.45, 2.75) is 0 Å². The first-order chi connectivity index (χ1) is 10.7. The van der Waals surface area contributed by atoms with Gasteiger partial charge in [-0.25, -0.2) is 0 Å². The van der Waals surface area contributed by atoms with Crippen LogP contribution in [0, 0.1) is 0 Å². The molecule has 0 radical (unpaired) electrons. The van der Waals surface area contributed by atoms with Crippen molar-refractivity contribution in [3.63, 3.8) is 0 Å². The molecule has 2 N–H and O–H groups in total. The van der Waals surface area contributed by atoms with Gasteiger partial charge in [-0.2, -0.15) is 0 Å². The highest BCUT2D eigenvalue weighted by Gasteiger charge is 2.17. The first-order valence-electron chi connectivity index (χ1n) is 6.88. The van der Waals surface area contributed by atoms with E-state index in [1.165, 1.54) is 18.2 Å². The van der Waals surface area contributed by atoms with Crippen molar-refractivity contribution < 1.29 is 15.0 Å². The van der Waals surface area contributed by atoms with Gasteiger partial charge in [0.2, 0.25) is 0 Å². The Balaban J connectivity index is 1.95. The van der Waals surface area contributed by atoms with Crippen LogP contribution in [0.1, 0.15) is 15.9 Å². The summed E-state index contributed by atoms with van der Waals surface area (Å²) < 4.78 is 0. The lowest BCUT2D eigenvalue weighted by molar-refractivity contribution is 0.103. The molecule has 0 aliphatic carbocycles. The fraction of sp³-hybridized carbons (Fsp3) is 0. The van der Waals surface area contributed by atoms with E-state index in [9.17, 15) is 15.0 Å². The van der Waals surface area contributed by atoms with Gasteiger partial charge >= 0.3 is 0 Å². The van der Waals surface area contributed by atoms with Gasteiger partial charge < -0.3 is 10.2 Å². The summed E-state index contributed by atoms with van der Waals surface area (Å²) in [6.07, 6.45) is 0. The molecule has 3 rings (SSSR count). The highest BCUT2D eigenvalue weighted by molar-refractivity contribution is 6.12. The molecule has 3 heteroatoms. The maximum absolute atomic E-state index is 12.4. The second kappa shape index (κ2) is 5.74. The number of ketones is 1. The van der Waals surface area contributed by atoms with Crippen molar-refractivity contribution in [3.8, 4) is 22.6 Å². The number of aromatic hydroxyl groups is 2. The topological polar surface area (TPSA) is 57.5 Å². The molecule has 0 atom stereocenters. The Labute approximate surface area is 128 Å². The van der Waals surface area contributed by atoms with Crippen LogP contribution in [-0.2, 0) is 0 Å². The average molecular weight is 290 g/mol. The monoisotopic (exact) mass is 290 g/mol. The Morgan fingerprint density at radius 1 is 0.636 bits per heavy atom. The molecular weight excluding hydrogens is 276 g/mol. The zero-order chi connectivity index (χ0) is 15.5. The van der Waals surface area contributed by atoms with Gasteiger partial charge in [0.1, 0.15) is 17.1 Å². The van der Waals surface area contributed by atoms with E-state index in [1.54, 1.807) is 12.1 Å². The lowest BCUT2D eigenvalue weighted by Crippen LogP contribution is -2.02. The lowest BCUT2D eigenvalue weighted by atomic mass is 9.98. The molecule has 0 aromatic heterocycles. The number of phenols is 2. The highest BCUT2D eigenvalue weighted by atomic mass is 16.3. The fourth-order valence-corrected chi connectivity index (χ4v) is 2.35. The van der Waals surface area contributed by atoms with Crippen LogP contribution in [0.25, 0.3) is 11.1 Å². The van der Waals surface area contributed by atoms with Crippen molar-refractivity contribution in [1.82, 2.24) is 0 Å². The van der Waals surface area contributed by atoms with Crippen molar-refractivity contribution in [2.24, 2.45) is 0 Å². The number of carbonyl (C=O) groups excluding carboxylic acids is 1. The van der Waals surface area contributed by atoms with Gasteiger partial charge in [0, 0.05) is 5.56 Å². The molecule has 108 valence electrons. The Bertz CT molecular complexity index is 786. The van der Waals surface area contributed by atoms with Gasteiger partial charge in [0.15, 0.2) is 5.78 Å². The van der Waals surface area contributed by atoms with E-state index in [0.29, 0.717) is 5.56 Å². The van der Waals surface area contributed by atoms with E-state index >= 15 is 0 Å². The summed E-state index contributed by atoms with van der Waals surface area (Å²) in [6.45, 7) is 0. The molecule has 0 saturated carbocycles. The summed E-state index contributed by atoms with van der Waals surface area (Å²) in [7, 11) is 0. The van der Waals surface area contributed by atoms with E-state index in [4.69, 9.17) is 0 Å². The smallest absolute Gasteiger partial charge is 0.200 e. The lowest BCUT2D eigenvalue weighted by Gasteiger charge is -2.07. The normalized spacial score (nSPS) is 10.4. The van der Waals surface area contributed by atoms with Crippen LogP contribution in [-0.4, -0.2) is 16.0 Å². The van der Waals surface area contributed by atoms with Gasteiger partial charge in [0.05, 0.1) is 0 Å². The number of benzene rings is 3. The average Bonchev–Trinajstić information content (AvgIpc) is 2.55. The van der Waals surface area contributed by atoms with E-state index in [2.05, 4.69) is 0 Å². The molecule has 22 heavy (non-hydrogen) atoms. The minimum atomic E-state index is -0.407.